The normalized spacial score (nSPS) is 11.7. The SMILES string of the molecule is CCC(CNC(=O)c1cc(Cl)cc([N+](=O)[O-])c1)CC(=O)O. The molecule has 2 N–H and O–H groups in total. The molecule has 1 aromatic rings. The van der Waals surface area contributed by atoms with Crippen LogP contribution in [0.5, 0.6) is 0 Å². The minimum absolute atomic E-state index is 0.0491. The highest BCUT2D eigenvalue weighted by Crippen LogP contribution is 2.21. The van der Waals surface area contributed by atoms with Crippen LogP contribution in [0.3, 0.4) is 0 Å². The van der Waals surface area contributed by atoms with Crippen LogP contribution >= 0.6 is 11.6 Å². The number of aliphatic carboxylic acids is 1. The number of rotatable bonds is 7. The number of benzene rings is 1. The Bertz CT molecular complexity index is 561. The molecule has 0 bridgehead atoms. The topological polar surface area (TPSA) is 110 Å². The molecule has 1 atom stereocenters. The van der Waals surface area contributed by atoms with E-state index in [-0.39, 0.29) is 35.2 Å². The summed E-state index contributed by atoms with van der Waals surface area (Å²) in [5.74, 6) is -1.65. The zero-order valence-corrected chi connectivity index (χ0v) is 12.1. The van der Waals surface area contributed by atoms with E-state index >= 15 is 0 Å². The van der Waals surface area contributed by atoms with Crippen LogP contribution in [0.4, 0.5) is 5.69 Å². The predicted molar refractivity (Wildman–Crippen MR) is 76.5 cm³/mol. The summed E-state index contributed by atoms with van der Waals surface area (Å²) in [6.07, 6.45) is 0.550. The lowest BCUT2D eigenvalue weighted by Gasteiger charge is -2.13. The number of nitrogens with one attached hydrogen (secondary N) is 1. The highest BCUT2D eigenvalue weighted by atomic mass is 35.5. The lowest BCUT2D eigenvalue weighted by Crippen LogP contribution is -2.30. The first kappa shape index (κ1) is 16.9. The molecule has 114 valence electrons. The first-order valence-corrected chi connectivity index (χ1v) is 6.66. The molecule has 1 amide bonds. The third kappa shape index (κ3) is 5.39. The molecular formula is C13H15ClN2O5. The number of non-ortho nitro benzene ring substituents is 1. The zero-order chi connectivity index (χ0) is 16.0. The summed E-state index contributed by atoms with van der Waals surface area (Å²) in [6.45, 7) is 2.01. The summed E-state index contributed by atoms with van der Waals surface area (Å²) in [7, 11) is 0. The van der Waals surface area contributed by atoms with Crippen LogP contribution in [0.15, 0.2) is 18.2 Å². The minimum Gasteiger partial charge on any atom is -0.481 e. The molecule has 1 aromatic carbocycles. The van der Waals surface area contributed by atoms with Gasteiger partial charge in [0, 0.05) is 35.7 Å². The Morgan fingerprint density at radius 2 is 2.10 bits per heavy atom. The zero-order valence-electron chi connectivity index (χ0n) is 11.3. The number of carboxylic acids is 1. The van der Waals surface area contributed by atoms with Gasteiger partial charge in [-0.2, -0.15) is 0 Å². The lowest BCUT2D eigenvalue weighted by atomic mass is 10.0. The Balaban J connectivity index is 2.75. The Morgan fingerprint density at radius 1 is 1.43 bits per heavy atom. The summed E-state index contributed by atoms with van der Waals surface area (Å²) in [6, 6.07) is 3.60. The van der Waals surface area contributed by atoms with Gasteiger partial charge in [0.15, 0.2) is 0 Å². The van der Waals surface area contributed by atoms with Gasteiger partial charge in [-0.15, -0.1) is 0 Å². The summed E-state index contributed by atoms with van der Waals surface area (Å²) < 4.78 is 0. The van der Waals surface area contributed by atoms with E-state index in [0.717, 1.165) is 12.1 Å². The third-order valence-corrected chi connectivity index (χ3v) is 3.17. The first-order chi connectivity index (χ1) is 9.83. The predicted octanol–water partition coefficient (Wildman–Crippen LogP) is 2.48. The Morgan fingerprint density at radius 3 is 2.62 bits per heavy atom. The van der Waals surface area contributed by atoms with Crippen molar-refractivity contribution < 1.29 is 19.6 Å². The number of nitro benzene ring substituents is 1. The maximum atomic E-state index is 11.9. The number of hydrogen-bond acceptors (Lipinski definition) is 4. The Kier molecular flexibility index (Phi) is 6.10. The van der Waals surface area contributed by atoms with Crippen molar-refractivity contribution in [3.05, 3.63) is 38.9 Å². The van der Waals surface area contributed by atoms with Gasteiger partial charge in [0.05, 0.1) is 4.92 Å². The van der Waals surface area contributed by atoms with Gasteiger partial charge in [0.2, 0.25) is 0 Å². The molecule has 0 heterocycles. The van der Waals surface area contributed by atoms with Gasteiger partial charge < -0.3 is 10.4 Å². The molecule has 21 heavy (non-hydrogen) atoms. The molecule has 1 unspecified atom stereocenters. The second kappa shape index (κ2) is 7.58. The number of nitrogens with zero attached hydrogens (tertiary/aromatic N) is 1. The number of nitro groups is 1. The number of halogens is 1. The summed E-state index contributed by atoms with van der Waals surface area (Å²) >= 11 is 5.73. The number of amides is 1. The molecule has 0 saturated heterocycles. The van der Waals surface area contributed by atoms with Crippen LogP contribution in [-0.2, 0) is 4.79 Å². The molecule has 0 radical (unpaired) electrons. The molecule has 0 fully saturated rings. The van der Waals surface area contributed by atoms with Crippen LogP contribution in [-0.4, -0.2) is 28.5 Å². The van der Waals surface area contributed by atoms with Gasteiger partial charge >= 0.3 is 5.97 Å². The van der Waals surface area contributed by atoms with Gasteiger partial charge in [-0.3, -0.25) is 19.7 Å². The standard InChI is InChI=1S/C13H15ClN2O5/c1-2-8(3-12(17)18)7-15-13(19)9-4-10(14)6-11(5-9)16(20)21/h4-6,8H,2-3,7H2,1H3,(H,15,19)(H,17,18). The van der Waals surface area contributed by atoms with Crippen LogP contribution in [0.1, 0.15) is 30.1 Å². The molecule has 0 aliphatic rings. The Labute approximate surface area is 126 Å². The van der Waals surface area contributed by atoms with Crippen LogP contribution in [0, 0.1) is 16.0 Å². The quantitative estimate of drug-likeness (QED) is 0.593. The van der Waals surface area contributed by atoms with Crippen molar-refractivity contribution in [1.29, 1.82) is 0 Å². The number of carboxylic acid groups (broad SMARTS) is 1. The van der Waals surface area contributed by atoms with Crippen molar-refractivity contribution >= 4 is 29.2 Å². The van der Waals surface area contributed by atoms with Gasteiger partial charge in [0.1, 0.15) is 0 Å². The molecule has 0 aliphatic heterocycles. The fourth-order valence-corrected chi connectivity index (χ4v) is 1.99. The Hall–Kier alpha value is -2.15. The van der Waals surface area contributed by atoms with E-state index < -0.39 is 16.8 Å². The fourth-order valence-electron chi connectivity index (χ4n) is 1.76. The van der Waals surface area contributed by atoms with Gasteiger partial charge in [-0.05, 0) is 12.0 Å². The van der Waals surface area contributed by atoms with Crippen molar-refractivity contribution in [2.75, 3.05) is 6.54 Å². The molecule has 0 saturated carbocycles. The van der Waals surface area contributed by atoms with Crippen LogP contribution < -0.4 is 5.32 Å². The van der Waals surface area contributed by atoms with E-state index in [2.05, 4.69) is 5.32 Å². The third-order valence-electron chi connectivity index (χ3n) is 2.95. The molecular weight excluding hydrogens is 300 g/mol. The number of carbonyl (C=O) groups excluding carboxylic acids is 1. The van der Waals surface area contributed by atoms with Crippen molar-refractivity contribution in [3.8, 4) is 0 Å². The second-order valence-electron chi connectivity index (χ2n) is 4.54. The maximum Gasteiger partial charge on any atom is 0.303 e. The van der Waals surface area contributed by atoms with Crippen LogP contribution in [0.25, 0.3) is 0 Å². The average molecular weight is 315 g/mol. The van der Waals surface area contributed by atoms with E-state index in [1.165, 1.54) is 6.07 Å². The van der Waals surface area contributed by atoms with Gasteiger partial charge in [-0.1, -0.05) is 24.9 Å². The van der Waals surface area contributed by atoms with E-state index in [4.69, 9.17) is 16.7 Å². The molecule has 0 aromatic heterocycles. The lowest BCUT2D eigenvalue weighted by molar-refractivity contribution is -0.384. The highest BCUT2D eigenvalue weighted by molar-refractivity contribution is 6.31. The fraction of sp³-hybridized carbons (Fsp3) is 0.385. The van der Waals surface area contributed by atoms with E-state index in [9.17, 15) is 19.7 Å². The van der Waals surface area contributed by atoms with E-state index in [1.54, 1.807) is 0 Å². The van der Waals surface area contributed by atoms with Crippen molar-refractivity contribution in [2.45, 2.75) is 19.8 Å². The van der Waals surface area contributed by atoms with Gasteiger partial charge in [0.25, 0.3) is 11.6 Å². The van der Waals surface area contributed by atoms with Crippen LogP contribution in [0.2, 0.25) is 5.02 Å². The van der Waals surface area contributed by atoms with Crippen molar-refractivity contribution in [1.82, 2.24) is 5.32 Å². The highest BCUT2D eigenvalue weighted by Gasteiger charge is 2.16. The number of hydrogen-bond donors (Lipinski definition) is 2. The van der Waals surface area contributed by atoms with E-state index in [1.807, 2.05) is 6.92 Å². The first-order valence-electron chi connectivity index (χ1n) is 6.28. The minimum atomic E-state index is -0.936. The van der Waals surface area contributed by atoms with Crippen molar-refractivity contribution in [2.24, 2.45) is 5.92 Å². The smallest absolute Gasteiger partial charge is 0.303 e. The molecule has 0 aliphatic carbocycles. The summed E-state index contributed by atoms with van der Waals surface area (Å²) in [5, 5.41) is 22.1. The summed E-state index contributed by atoms with van der Waals surface area (Å²) in [4.78, 5) is 32.7. The summed E-state index contributed by atoms with van der Waals surface area (Å²) in [5.41, 5.74) is -0.204. The number of carbonyl (C=O) groups is 2. The second-order valence-corrected chi connectivity index (χ2v) is 4.97. The monoisotopic (exact) mass is 314 g/mol. The molecule has 0 spiro atoms. The van der Waals surface area contributed by atoms with Crippen molar-refractivity contribution in [3.63, 3.8) is 0 Å². The molecule has 8 heteroatoms. The van der Waals surface area contributed by atoms with E-state index in [0.29, 0.717) is 6.42 Å². The molecule has 7 nitrogen and oxygen atoms in total. The molecule has 1 rings (SSSR count). The average Bonchev–Trinajstić information content (AvgIpc) is 2.41. The largest absolute Gasteiger partial charge is 0.481 e. The van der Waals surface area contributed by atoms with Gasteiger partial charge in [-0.25, -0.2) is 0 Å². The maximum absolute atomic E-state index is 11.9.